The summed E-state index contributed by atoms with van der Waals surface area (Å²) in [4.78, 5) is 22.8. The number of rotatable bonds is 7. The fourth-order valence-corrected chi connectivity index (χ4v) is 2.47. The lowest BCUT2D eigenvalue weighted by Crippen LogP contribution is -2.26. The van der Waals surface area contributed by atoms with E-state index in [1.165, 1.54) is 11.9 Å². The van der Waals surface area contributed by atoms with Gasteiger partial charge in [-0.25, -0.2) is 9.97 Å². The van der Waals surface area contributed by atoms with Crippen LogP contribution in [0.1, 0.15) is 28.7 Å². The van der Waals surface area contributed by atoms with Crippen molar-refractivity contribution in [3.05, 3.63) is 78.1 Å². The van der Waals surface area contributed by atoms with Gasteiger partial charge in [0.2, 0.25) is 0 Å². The summed E-state index contributed by atoms with van der Waals surface area (Å²) in [5.74, 6) is 1.17. The van der Waals surface area contributed by atoms with Crippen molar-refractivity contribution >= 4 is 11.7 Å². The van der Waals surface area contributed by atoms with Crippen molar-refractivity contribution in [1.29, 1.82) is 0 Å². The van der Waals surface area contributed by atoms with Crippen LogP contribution in [0.4, 0.5) is 5.82 Å². The quantitative estimate of drug-likeness (QED) is 0.718. The minimum absolute atomic E-state index is 0.254. The van der Waals surface area contributed by atoms with Crippen molar-refractivity contribution in [2.45, 2.75) is 20.0 Å². The third-order valence-corrected chi connectivity index (χ3v) is 3.81. The Hall–Kier alpha value is -3.15. The molecule has 2 aromatic heterocycles. The normalized spacial score (nSPS) is 10.4. The van der Waals surface area contributed by atoms with Crippen LogP contribution in [0.2, 0.25) is 0 Å². The van der Waals surface area contributed by atoms with Crippen molar-refractivity contribution in [2.75, 3.05) is 11.4 Å². The molecule has 6 nitrogen and oxygen atoms in total. The molecule has 0 aliphatic heterocycles. The topological polar surface area (TPSA) is 71.3 Å². The van der Waals surface area contributed by atoms with Gasteiger partial charge in [-0.3, -0.25) is 4.79 Å². The van der Waals surface area contributed by atoms with Crippen LogP contribution in [-0.2, 0) is 13.1 Å². The Morgan fingerprint density at radius 2 is 2.00 bits per heavy atom. The average molecular weight is 336 g/mol. The van der Waals surface area contributed by atoms with Gasteiger partial charge in [-0.05, 0) is 24.6 Å². The number of amides is 1. The van der Waals surface area contributed by atoms with E-state index in [1.807, 2.05) is 24.3 Å². The summed E-state index contributed by atoms with van der Waals surface area (Å²) in [5.41, 5.74) is 1.52. The molecule has 3 aromatic rings. The second-order valence-electron chi connectivity index (χ2n) is 5.52. The summed E-state index contributed by atoms with van der Waals surface area (Å²) in [7, 11) is 0. The zero-order valence-electron chi connectivity index (χ0n) is 14.1. The second-order valence-corrected chi connectivity index (χ2v) is 5.52. The zero-order valence-corrected chi connectivity index (χ0v) is 14.1. The van der Waals surface area contributed by atoms with Gasteiger partial charge in [0.25, 0.3) is 5.91 Å². The van der Waals surface area contributed by atoms with Crippen LogP contribution in [-0.4, -0.2) is 22.4 Å². The van der Waals surface area contributed by atoms with Crippen LogP contribution in [0, 0.1) is 0 Å². The lowest BCUT2D eigenvalue weighted by atomic mass is 10.2. The molecule has 128 valence electrons. The lowest BCUT2D eigenvalue weighted by molar-refractivity contribution is 0.0943. The van der Waals surface area contributed by atoms with Gasteiger partial charge in [0.1, 0.15) is 23.6 Å². The maximum atomic E-state index is 12.3. The Labute approximate surface area is 146 Å². The van der Waals surface area contributed by atoms with Crippen molar-refractivity contribution in [3.63, 3.8) is 0 Å². The van der Waals surface area contributed by atoms with Gasteiger partial charge in [0.05, 0.1) is 12.8 Å². The van der Waals surface area contributed by atoms with Gasteiger partial charge in [0.15, 0.2) is 0 Å². The molecule has 0 radical (unpaired) electrons. The first-order chi connectivity index (χ1) is 12.3. The van der Waals surface area contributed by atoms with Crippen LogP contribution < -0.4 is 10.2 Å². The van der Waals surface area contributed by atoms with Gasteiger partial charge < -0.3 is 14.6 Å². The number of aromatic nitrogens is 2. The minimum atomic E-state index is -0.254. The number of nitrogens with zero attached hydrogens (tertiary/aromatic N) is 3. The highest BCUT2D eigenvalue weighted by Crippen LogP contribution is 2.15. The Morgan fingerprint density at radius 1 is 1.16 bits per heavy atom. The summed E-state index contributed by atoms with van der Waals surface area (Å²) in [6, 6.07) is 15.5. The highest BCUT2D eigenvalue weighted by Gasteiger charge is 2.13. The van der Waals surface area contributed by atoms with Crippen LogP contribution in [0.25, 0.3) is 0 Å². The van der Waals surface area contributed by atoms with E-state index >= 15 is 0 Å². The largest absolute Gasteiger partial charge is 0.467 e. The third-order valence-electron chi connectivity index (χ3n) is 3.81. The molecule has 1 N–H and O–H groups in total. The number of hydrogen-bond acceptors (Lipinski definition) is 5. The number of benzene rings is 1. The molecule has 0 unspecified atom stereocenters. The number of carbonyl (C=O) groups excluding carboxylic acids is 1. The summed E-state index contributed by atoms with van der Waals surface area (Å²) in [6.45, 7) is 3.88. The summed E-state index contributed by atoms with van der Waals surface area (Å²) in [5, 5.41) is 2.79. The monoisotopic (exact) mass is 336 g/mol. The number of furan rings is 1. The van der Waals surface area contributed by atoms with Crippen molar-refractivity contribution in [2.24, 2.45) is 0 Å². The number of nitrogens with one attached hydrogen (secondary N) is 1. The number of hydrogen-bond donors (Lipinski definition) is 1. The van der Waals surface area contributed by atoms with Gasteiger partial charge in [0, 0.05) is 19.2 Å². The van der Waals surface area contributed by atoms with Gasteiger partial charge in [-0.2, -0.15) is 0 Å². The molecule has 3 rings (SSSR count). The van der Waals surface area contributed by atoms with Crippen molar-refractivity contribution in [3.8, 4) is 0 Å². The molecule has 0 saturated heterocycles. The van der Waals surface area contributed by atoms with E-state index in [-0.39, 0.29) is 5.91 Å². The predicted octanol–water partition coefficient (Wildman–Crippen LogP) is 3.03. The number of anilines is 1. The molecule has 0 aliphatic carbocycles. The van der Waals surface area contributed by atoms with Crippen LogP contribution in [0.15, 0.2) is 65.5 Å². The molecular weight excluding hydrogens is 316 g/mol. The average Bonchev–Trinajstić information content (AvgIpc) is 3.19. The molecule has 2 heterocycles. The Morgan fingerprint density at radius 3 is 2.72 bits per heavy atom. The smallest absolute Gasteiger partial charge is 0.270 e. The highest BCUT2D eigenvalue weighted by atomic mass is 16.3. The maximum absolute atomic E-state index is 12.3. The highest BCUT2D eigenvalue weighted by molar-refractivity contribution is 5.92. The van der Waals surface area contributed by atoms with Crippen LogP contribution in [0.3, 0.4) is 0 Å². The molecule has 0 fully saturated rings. The van der Waals surface area contributed by atoms with E-state index in [1.54, 1.807) is 18.4 Å². The Balaban J connectivity index is 1.69. The second kappa shape index (κ2) is 8.10. The van der Waals surface area contributed by atoms with Gasteiger partial charge >= 0.3 is 0 Å². The first kappa shape index (κ1) is 16.7. The molecule has 6 heteroatoms. The first-order valence-electron chi connectivity index (χ1n) is 8.17. The molecule has 0 spiro atoms. The van der Waals surface area contributed by atoms with E-state index in [0.29, 0.717) is 18.0 Å². The number of carbonyl (C=O) groups is 1. The Kier molecular flexibility index (Phi) is 5.41. The van der Waals surface area contributed by atoms with Crippen LogP contribution in [0.5, 0.6) is 0 Å². The van der Waals surface area contributed by atoms with E-state index in [9.17, 15) is 4.79 Å². The summed E-state index contributed by atoms with van der Waals surface area (Å²) < 4.78 is 5.21. The van der Waals surface area contributed by atoms with Gasteiger partial charge in [-0.1, -0.05) is 30.3 Å². The fraction of sp³-hybridized carbons (Fsp3) is 0.211. The predicted molar refractivity (Wildman–Crippen MR) is 95.1 cm³/mol. The lowest BCUT2D eigenvalue weighted by Gasteiger charge is -2.22. The standard InChI is InChI=1S/C19H20N4O2/c1-2-23(13-15-7-4-3-5-8-15)18-11-17(21-14-22-18)19(24)20-12-16-9-6-10-25-16/h3-11,14H,2,12-13H2,1H3,(H,20,24). The first-order valence-corrected chi connectivity index (χ1v) is 8.17. The van der Waals surface area contributed by atoms with Gasteiger partial charge in [-0.15, -0.1) is 0 Å². The van der Waals surface area contributed by atoms with E-state index in [2.05, 4.69) is 39.2 Å². The SMILES string of the molecule is CCN(Cc1ccccc1)c1cc(C(=O)NCc2ccco2)ncn1. The molecule has 1 amide bonds. The summed E-state index contributed by atoms with van der Waals surface area (Å²) >= 11 is 0. The third kappa shape index (κ3) is 4.44. The molecule has 25 heavy (non-hydrogen) atoms. The molecular formula is C19H20N4O2. The minimum Gasteiger partial charge on any atom is -0.467 e. The molecule has 0 saturated carbocycles. The van der Waals surface area contributed by atoms with E-state index in [4.69, 9.17) is 4.42 Å². The molecule has 1 aromatic carbocycles. The molecule has 0 atom stereocenters. The summed E-state index contributed by atoms with van der Waals surface area (Å²) in [6.07, 6.45) is 3.00. The molecule has 0 aliphatic rings. The van der Waals surface area contributed by atoms with E-state index in [0.717, 1.165) is 18.9 Å². The van der Waals surface area contributed by atoms with Crippen LogP contribution >= 0.6 is 0 Å². The molecule has 0 bridgehead atoms. The fourth-order valence-electron chi connectivity index (χ4n) is 2.47. The maximum Gasteiger partial charge on any atom is 0.270 e. The zero-order chi connectivity index (χ0) is 17.5. The van der Waals surface area contributed by atoms with Crippen molar-refractivity contribution < 1.29 is 9.21 Å². The van der Waals surface area contributed by atoms with E-state index < -0.39 is 0 Å². The Bertz CT molecular complexity index is 803. The van der Waals surface area contributed by atoms with Crippen molar-refractivity contribution in [1.82, 2.24) is 15.3 Å².